The van der Waals surface area contributed by atoms with Gasteiger partial charge in [-0.3, -0.25) is 4.79 Å². The van der Waals surface area contributed by atoms with Gasteiger partial charge in [-0.05, 0) is 37.1 Å². The highest BCUT2D eigenvalue weighted by Crippen LogP contribution is 2.30. The third kappa shape index (κ3) is 5.55. The first-order chi connectivity index (χ1) is 11.1. The van der Waals surface area contributed by atoms with Crippen molar-refractivity contribution < 1.29 is 4.79 Å². The first kappa shape index (κ1) is 20.6. The van der Waals surface area contributed by atoms with E-state index in [0.29, 0.717) is 12.1 Å². The lowest BCUT2D eigenvalue weighted by molar-refractivity contribution is 0.0939. The predicted octanol–water partition coefficient (Wildman–Crippen LogP) is 4.51. The Morgan fingerprint density at radius 2 is 1.62 bits per heavy atom. The van der Waals surface area contributed by atoms with Gasteiger partial charge in [0.2, 0.25) is 0 Å². The maximum atomic E-state index is 12.6. The van der Waals surface area contributed by atoms with Gasteiger partial charge in [-0.15, -0.1) is 12.4 Å². The maximum Gasteiger partial charge on any atom is 0.252 e. The highest BCUT2D eigenvalue weighted by molar-refractivity contribution is 7.99. The minimum Gasteiger partial charge on any atom is -0.350 e. The molecule has 0 atom stereocenters. The Labute approximate surface area is 154 Å². The molecule has 2 rings (SSSR count). The first-order valence-electron chi connectivity index (χ1n) is 7.97. The Hall–Kier alpha value is -1.49. The molecular formula is C19H25ClN2OS. The molecule has 5 heteroatoms. The van der Waals surface area contributed by atoms with E-state index in [1.54, 1.807) is 11.8 Å². The van der Waals surface area contributed by atoms with Crippen LogP contribution in [-0.2, 0) is 0 Å². The molecule has 2 aromatic carbocycles. The topological polar surface area (TPSA) is 55.1 Å². The number of hydrogen-bond acceptors (Lipinski definition) is 3. The first-order valence-corrected chi connectivity index (χ1v) is 8.78. The third-order valence-corrected chi connectivity index (χ3v) is 5.20. The fourth-order valence-electron chi connectivity index (χ4n) is 2.21. The number of nitrogens with one attached hydrogen (secondary N) is 1. The van der Waals surface area contributed by atoms with Crippen molar-refractivity contribution in [2.45, 2.75) is 42.0 Å². The van der Waals surface area contributed by atoms with Gasteiger partial charge in [0.1, 0.15) is 0 Å². The summed E-state index contributed by atoms with van der Waals surface area (Å²) in [6, 6.07) is 17.7. The van der Waals surface area contributed by atoms with Gasteiger partial charge >= 0.3 is 0 Å². The summed E-state index contributed by atoms with van der Waals surface area (Å²) in [7, 11) is 0. The highest BCUT2D eigenvalue weighted by atomic mass is 35.5. The molecule has 0 aliphatic heterocycles. The number of nitrogens with two attached hydrogens (primary N) is 1. The lowest BCUT2D eigenvalue weighted by Gasteiger charge is -2.27. The number of carbonyl (C=O) groups is 1. The van der Waals surface area contributed by atoms with Crippen LogP contribution in [0.4, 0.5) is 0 Å². The van der Waals surface area contributed by atoms with Gasteiger partial charge in [-0.1, -0.05) is 55.9 Å². The standard InChI is InChI=1S/C19H24N2OS.ClH/c1-3-19(20,4-2)14-21-18(22)16-12-8-9-13-17(16)23-15-10-6-5-7-11-15;/h5-13H,3-4,14,20H2,1-2H3,(H,21,22);1H. The molecule has 0 spiro atoms. The summed E-state index contributed by atoms with van der Waals surface area (Å²) in [5.41, 5.74) is 6.62. The Morgan fingerprint density at radius 3 is 2.25 bits per heavy atom. The van der Waals surface area contributed by atoms with E-state index in [1.807, 2.05) is 54.6 Å². The summed E-state index contributed by atoms with van der Waals surface area (Å²) in [5.74, 6) is -0.0687. The molecule has 24 heavy (non-hydrogen) atoms. The van der Waals surface area contributed by atoms with Gasteiger partial charge in [-0.25, -0.2) is 0 Å². The molecule has 0 fully saturated rings. The van der Waals surface area contributed by atoms with Crippen LogP contribution < -0.4 is 11.1 Å². The van der Waals surface area contributed by atoms with E-state index in [0.717, 1.165) is 22.6 Å². The van der Waals surface area contributed by atoms with Crippen molar-refractivity contribution in [3.8, 4) is 0 Å². The SMILES string of the molecule is CCC(N)(CC)CNC(=O)c1ccccc1Sc1ccccc1.Cl. The van der Waals surface area contributed by atoms with Crippen LogP contribution in [0.1, 0.15) is 37.0 Å². The van der Waals surface area contributed by atoms with E-state index < -0.39 is 0 Å². The molecule has 3 N–H and O–H groups in total. The lowest BCUT2D eigenvalue weighted by atomic mass is 9.94. The van der Waals surface area contributed by atoms with E-state index in [-0.39, 0.29) is 23.9 Å². The van der Waals surface area contributed by atoms with Crippen LogP contribution in [0.25, 0.3) is 0 Å². The van der Waals surface area contributed by atoms with Gasteiger partial charge < -0.3 is 11.1 Å². The number of benzene rings is 2. The molecule has 130 valence electrons. The monoisotopic (exact) mass is 364 g/mol. The van der Waals surface area contributed by atoms with Gasteiger partial charge in [0.05, 0.1) is 5.56 Å². The minimum absolute atomic E-state index is 0. The smallest absolute Gasteiger partial charge is 0.252 e. The highest BCUT2D eigenvalue weighted by Gasteiger charge is 2.22. The Bertz CT molecular complexity index is 645. The molecule has 3 nitrogen and oxygen atoms in total. The van der Waals surface area contributed by atoms with Crippen LogP contribution in [0.5, 0.6) is 0 Å². The number of amides is 1. The summed E-state index contributed by atoms with van der Waals surface area (Å²) >= 11 is 1.60. The second-order valence-electron chi connectivity index (χ2n) is 5.66. The second kappa shape index (κ2) is 9.72. The summed E-state index contributed by atoms with van der Waals surface area (Å²) in [6.45, 7) is 4.59. The predicted molar refractivity (Wildman–Crippen MR) is 104 cm³/mol. The van der Waals surface area contributed by atoms with Crippen molar-refractivity contribution in [1.29, 1.82) is 0 Å². The zero-order valence-electron chi connectivity index (χ0n) is 14.1. The van der Waals surface area contributed by atoms with E-state index >= 15 is 0 Å². The molecule has 0 heterocycles. The lowest BCUT2D eigenvalue weighted by Crippen LogP contribution is -2.49. The zero-order chi connectivity index (χ0) is 16.7. The average Bonchev–Trinajstić information content (AvgIpc) is 2.61. The number of carbonyl (C=O) groups excluding carboxylic acids is 1. The number of halogens is 1. The van der Waals surface area contributed by atoms with Crippen molar-refractivity contribution in [3.05, 3.63) is 60.2 Å². The van der Waals surface area contributed by atoms with Gasteiger partial charge in [0, 0.05) is 21.9 Å². The molecule has 2 aromatic rings. The van der Waals surface area contributed by atoms with Crippen molar-refractivity contribution in [1.82, 2.24) is 5.32 Å². The summed E-state index contributed by atoms with van der Waals surface area (Å²) < 4.78 is 0. The quantitative estimate of drug-likeness (QED) is 0.760. The molecule has 0 bridgehead atoms. The van der Waals surface area contributed by atoms with Crippen LogP contribution in [0.15, 0.2) is 64.4 Å². The van der Waals surface area contributed by atoms with Crippen LogP contribution in [-0.4, -0.2) is 18.0 Å². The average molecular weight is 365 g/mol. The molecule has 0 aliphatic rings. The maximum absolute atomic E-state index is 12.6. The fraction of sp³-hybridized carbons (Fsp3) is 0.316. The van der Waals surface area contributed by atoms with Crippen molar-refractivity contribution in [3.63, 3.8) is 0 Å². The van der Waals surface area contributed by atoms with E-state index in [9.17, 15) is 4.79 Å². The van der Waals surface area contributed by atoms with Crippen molar-refractivity contribution >= 4 is 30.1 Å². The largest absolute Gasteiger partial charge is 0.350 e. The van der Waals surface area contributed by atoms with Crippen LogP contribution in [0, 0.1) is 0 Å². The zero-order valence-corrected chi connectivity index (χ0v) is 15.8. The summed E-state index contributed by atoms with van der Waals surface area (Å²) in [5, 5.41) is 2.99. The van der Waals surface area contributed by atoms with E-state index in [2.05, 4.69) is 19.2 Å². The Morgan fingerprint density at radius 1 is 1.04 bits per heavy atom. The molecule has 0 saturated heterocycles. The van der Waals surface area contributed by atoms with E-state index in [4.69, 9.17) is 5.73 Å². The van der Waals surface area contributed by atoms with Crippen LogP contribution in [0.2, 0.25) is 0 Å². The molecule has 0 unspecified atom stereocenters. The summed E-state index contributed by atoms with van der Waals surface area (Å²) in [6.07, 6.45) is 1.67. The van der Waals surface area contributed by atoms with Gasteiger partial charge in [-0.2, -0.15) is 0 Å². The molecule has 0 radical (unpaired) electrons. The Balaban J connectivity index is 0.00000288. The minimum atomic E-state index is -0.336. The van der Waals surface area contributed by atoms with Crippen LogP contribution in [0.3, 0.4) is 0 Å². The van der Waals surface area contributed by atoms with E-state index in [1.165, 1.54) is 0 Å². The fourth-order valence-corrected chi connectivity index (χ4v) is 3.17. The number of hydrogen-bond donors (Lipinski definition) is 2. The normalized spacial score (nSPS) is 10.8. The number of rotatable bonds is 7. The molecule has 0 aromatic heterocycles. The van der Waals surface area contributed by atoms with Crippen LogP contribution >= 0.6 is 24.2 Å². The van der Waals surface area contributed by atoms with Gasteiger partial charge in [0.25, 0.3) is 5.91 Å². The van der Waals surface area contributed by atoms with Crippen molar-refractivity contribution in [2.24, 2.45) is 5.73 Å². The third-order valence-electron chi connectivity index (χ3n) is 4.11. The van der Waals surface area contributed by atoms with Gasteiger partial charge in [0.15, 0.2) is 0 Å². The second-order valence-corrected chi connectivity index (χ2v) is 6.78. The molecule has 0 saturated carbocycles. The molecular weight excluding hydrogens is 340 g/mol. The molecule has 0 aliphatic carbocycles. The van der Waals surface area contributed by atoms with Crippen molar-refractivity contribution in [2.75, 3.05) is 6.54 Å². The summed E-state index contributed by atoms with van der Waals surface area (Å²) in [4.78, 5) is 14.6. The Kier molecular flexibility index (Phi) is 8.32. The molecule has 1 amide bonds.